The minimum atomic E-state index is -4.60. The summed E-state index contributed by atoms with van der Waals surface area (Å²) in [6.07, 6.45) is -2.96. The molecule has 2 aromatic heterocycles. The van der Waals surface area contributed by atoms with Crippen LogP contribution in [0.25, 0.3) is 21.8 Å². The molecule has 1 saturated heterocycles. The van der Waals surface area contributed by atoms with E-state index < -0.39 is 17.6 Å². The predicted octanol–water partition coefficient (Wildman–Crippen LogP) is 4.54. The van der Waals surface area contributed by atoms with Crippen LogP contribution in [0.15, 0.2) is 30.5 Å². The van der Waals surface area contributed by atoms with E-state index in [0.29, 0.717) is 24.2 Å². The number of nitrogens with zero attached hydrogens (tertiary/aromatic N) is 4. The largest absolute Gasteiger partial charge is 0.417 e. The Morgan fingerprint density at radius 3 is 2.52 bits per heavy atom. The summed E-state index contributed by atoms with van der Waals surface area (Å²) >= 11 is 0. The third-order valence-corrected chi connectivity index (χ3v) is 5.82. The number of fused-ring (bicyclic) bond motifs is 2. The molecule has 11 heteroatoms. The molecule has 0 aliphatic carbocycles. The average Bonchev–Trinajstić information content (AvgIpc) is 3.29. The molecule has 3 heterocycles. The number of rotatable bonds is 3. The van der Waals surface area contributed by atoms with Crippen molar-refractivity contribution in [2.24, 2.45) is 7.05 Å². The van der Waals surface area contributed by atoms with Crippen molar-refractivity contribution < 1.29 is 17.6 Å². The molecule has 7 nitrogen and oxygen atoms in total. The molecule has 0 unspecified atom stereocenters. The van der Waals surface area contributed by atoms with Crippen LogP contribution in [0.2, 0.25) is 0 Å². The molecule has 5 rings (SSSR count). The van der Waals surface area contributed by atoms with Gasteiger partial charge < -0.3 is 15.5 Å². The van der Waals surface area contributed by atoms with Gasteiger partial charge in [-0.2, -0.15) is 23.4 Å². The molecule has 0 amide bonds. The monoisotopic (exact) mass is 461 g/mol. The smallest absolute Gasteiger partial charge is 0.368 e. The normalized spacial score (nSPS) is 19.5. The number of aromatic nitrogens is 4. The van der Waals surface area contributed by atoms with Crippen LogP contribution >= 0.6 is 0 Å². The van der Waals surface area contributed by atoms with Crippen molar-refractivity contribution in [2.45, 2.75) is 32.1 Å². The summed E-state index contributed by atoms with van der Waals surface area (Å²) in [5, 5.41) is 17.5. The third-order valence-electron chi connectivity index (χ3n) is 5.82. The van der Waals surface area contributed by atoms with Crippen LogP contribution in [0.4, 0.5) is 34.8 Å². The Hall–Kier alpha value is -3.34. The lowest BCUT2D eigenvalue weighted by molar-refractivity contribution is -0.136. The molecule has 0 radical (unpaired) electrons. The molecule has 174 valence electrons. The van der Waals surface area contributed by atoms with Gasteiger partial charge in [0.2, 0.25) is 0 Å². The van der Waals surface area contributed by atoms with E-state index in [1.165, 1.54) is 16.8 Å². The van der Waals surface area contributed by atoms with E-state index in [4.69, 9.17) is 0 Å². The van der Waals surface area contributed by atoms with Gasteiger partial charge in [-0.15, -0.1) is 0 Å². The molecular weight excluding hydrogens is 438 g/mol. The SMILES string of the molecule is C[C@@H]1CN(c2cc(C(F)(F)F)c3c(Nc4cc(F)c5nn(C)cc5c4)n[nH]c3c2)C[C@H](C)N1. The highest BCUT2D eigenvalue weighted by Gasteiger charge is 2.36. The maximum absolute atomic E-state index is 14.5. The molecule has 0 saturated carbocycles. The Balaban J connectivity index is 1.58. The minimum Gasteiger partial charge on any atom is -0.368 e. The molecule has 1 aliphatic heterocycles. The van der Waals surface area contributed by atoms with Crippen LogP contribution in [-0.2, 0) is 13.2 Å². The van der Waals surface area contributed by atoms with Gasteiger partial charge >= 0.3 is 6.18 Å². The van der Waals surface area contributed by atoms with Crippen molar-refractivity contribution >= 4 is 39.0 Å². The van der Waals surface area contributed by atoms with Crippen molar-refractivity contribution in [3.63, 3.8) is 0 Å². The van der Waals surface area contributed by atoms with Crippen LogP contribution in [0.3, 0.4) is 0 Å². The van der Waals surface area contributed by atoms with Crippen LogP contribution in [0.5, 0.6) is 0 Å². The fourth-order valence-electron chi connectivity index (χ4n) is 4.60. The minimum absolute atomic E-state index is 0.0198. The zero-order valence-corrected chi connectivity index (χ0v) is 18.3. The summed E-state index contributed by atoms with van der Waals surface area (Å²) in [6, 6.07) is 5.96. The van der Waals surface area contributed by atoms with E-state index in [0.717, 1.165) is 0 Å². The Bertz CT molecular complexity index is 1330. The highest BCUT2D eigenvalue weighted by atomic mass is 19.4. The zero-order valence-electron chi connectivity index (χ0n) is 18.3. The molecule has 3 N–H and O–H groups in total. The zero-order chi connectivity index (χ0) is 23.5. The first kappa shape index (κ1) is 21.5. The lowest BCUT2D eigenvalue weighted by Gasteiger charge is -2.38. The van der Waals surface area contributed by atoms with E-state index in [2.05, 4.69) is 25.9 Å². The molecular formula is C22H23F4N7. The van der Waals surface area contributed by atoms with Gasteiger partial charge in [-0.3, -0.25) is 9.78 Å². The summed E-state index contributed by atoms with van der Waals surface area (Å²) in [5.74, 6) is -0.593. The van der Waals surface area contributed by atoms with Crippen molar-refractivity contribution in [1.82, 2.24) is 25.3 Å². The maximum atomic E-state index is 14.5. The second kappa shape index (κ2) is 7.62. The van der Waals surface area contributed by atoms with Crippen LogP contribution in [-0.4, -0.2) is 45.2 Å². The van der Waals surface area contributed by atoms with Crippen molar-refractivity contribution in [1.29, 1.82) is 0 Å². The van der Waals surface area contributed by atoms with E-state index in [9.17, 15) is 17.6 Å². The average molecular weight is 461 g/mol. The van der Waals surface area contributed by atoms with Crippen molar-refractivity contribution in [2.75, 3.05) is 23.3 Å². The van der Waals surface area contributed by atoms with E-state index in [-0.39, 0.29) is 40.0 Å². The molecule has 1 fully saturated rings. The van der Waals surface area contributed by atoms with Gasteiger partial charge in [-0.25, -0.2) is 4.39 Å². The first-order valence-electron chi connectivity index (χ1n) is 10.6. The van der Waals surface area contributed by atoms with Gasteiger partial charge in [0.25, 0.3) is 0 Å². The molecule has 4 aromatic rings. The summed E-state index contributed by atoms with van der Waals surface area (Å²) in [7, 11) is 1.67. The van der Waals surface area contributed by atoms with Crippen molar-refractivity contribution in [3.05, 3.63) is 41.8 Å². The summed E-state index contributed by atoms with van der Waals surface area (Å²) in [4.78, 5) is 1.94. The van der Waals surface area contributed by atoms with E-state index in [1.807, 2.05) is 18.7 Å². The van der Waals surface area contributed by atoms with Gasteiger partial charge in [0.15, 0.2) is 11.6 Å². The number of hydrogen-bond donors (Lipinski definition) is 3. The number of benzene rings is 2. The Morgan fingerprint density at radius 2 is 1.82 bits per heavy atom. The van der Waals surface area contributed by atoms with Crippen LogP contribution in [0, 0.1) is 5.82 Å². The Kier molecular flexibility index (Phi) is 4.96. The maximum Gasteiger partial charge on any atom is 0.417 e. The number of hydrogen-bond acceptors (Lipinski definition) is 5. The molecule has 0 spiro atoms. The number of aromatic amines is 1. The highest BCUT2D eigenvalue weighted by molar-refractivity contribution is 5.97. The van der Waals surface area contributed by atoms with E-state index in [1.54, 1.807) is 25.4 Å². The number of aryl methyl sites for hydroxylation is 1. The number of nitrogens with one attached hydrogen (secondary N) is 3. The molecule has 2 atom stereocenters. The highest BCUT2D eigenvalue weighted by Crippen LogP contribution is 2.41. The second-order valence-electron chi connectivity index (χ2n) is 8.68. The number of H-pyrrole nitrogens is 1. The standard InChI is InChI=1S/C22H23F4N7/c1-11-8-33(9-12(2)27-11)15-6-16(22(24,25)26)19-18(7-15)29-30-21(19)28-14-4-13-10-32(3)31-20(13)17(23)5-14/h4-7,10-12,27H,8-9H2,1-3H3,(H2,28,29,30)/t11-,12+. The van der Waals surface area contributed by atoms with Crippen LogP contribution in [0.1, 0.15) is 19.4 Å². The summed E-state index contributed by atoms with van der Waals surface area (Å²) in [5.41, 5.74) is 0.406. The molecule has 0 bridgehead atoms. The van der Waals surface area contributed by atoms with Crippen molar-refractivity contribution in [3.8, 4) is 0 Å². The summed E-state index contributed by atoms with van der Waals surface area (Å²) in [6.45, 7) is 5.19. The van der Waals surface area contributed by atoms with Gasteiger partial charge in [0, 0.05) is 55.2 Å². The fraction of sp³-hybridized carbons (Fsp3) is 0.364. The number of piperazine rings is 1. The fourth-order valence-corrected chi connectivity index (χ4v) is 4.60. The number of halogens is 4. The van der Waals surface area contributed by atoms with Gasteiger partial charge in [0.1, 0.15) is 5.52 Å². The molecule has 33 heavy (non-hydrogen) atoms. The quantitative estimate of drug-likeness (QED) is 0.391. The van der Waals surface area contributed by atoms with Gasteiger partial charge in [-0.1, -0.05) is 0 Å². The topological polar surface area (TPSA) is 73.8 Å². The lowest BCUT2D eigenvalue weighted by atomic mass is 10.0. The predicted molar refractivity (Wildman–Crippen MR) is 119 cm³/mol. The third kappa shape index (κ3) is 3.97. The number of alkyl halides is 3. The van der Waals surface area contributed by atoms with E-state index >= 15 is 0 Å². The van der Waals surface area contributed by atoms with Gasteiger partial charge in [-0.05, 0) is 38.1 Å². The molecule has 1 aliphatic rings. The molecule has 2 aromatic carbocycles. The van der Waals surface area contributed by atoms with Crippen LogP contribution < -0.4 is 15.5 Å². The first-order chi connectivity index (χ1) is 15.6. The lowest BCUT2D eigenvalue weighted by Crippen LogP contribution is -2.54. The second-order valence-corrected chi connectivity index (χ2v) is 8.68. The Labute approximate surface area is 186 Å². The Morgan fingerprint density at radius 1 is 1.09 bits per heavy atom. The summed E-state index contributed by atoms with van der Waals surface area (Å²) < 4.78 is 58.3. The van der Waals surface area contributed by atoms with Gasteiger partial charge in [0.05, 0.1) is 16.5 Å². The first-order valence-corrected chi connectivity index (χ1v) is 10.6. The number of anilines is 3.